The molecule has 0 saturated carbocycles. The van der Waals surface area contributed by atoms with E-state index in [0.717, 1.165) is 12.8 Å². The van der Waals surface area contributed by atoms with Crippen LogP contribution < -0.4 is 0 Å². The van der Waals surface area contributed by atoms with Gasteiger partial charge in [0, 0.05) is 16.8 Å². The molecule has 34 heavy (non-hydrogen) atoms. The normalized spacial score (nSPS) is 28.8. The Hall–Kier alpha value is -0.600. The summed E-state index contributed by atoms with van der Waals surface area (Å²) in [5, 5.41) is 0. The lowest BCUT2D eigenvalue weighted by molar-refractivity contribution is -0.156. The average Bonchev–Trinajstić information content (AvgIpc) is 3.07. The molecule has 2 heterocycles. The zero-order chi connectivity index (χ0) is 25.9. The molecule has 0 aromatic carbocycles. The number of hydrogen-bond donors (Lipinski definition) is 0. The van der Waals surface area contributed by atoms with Crippen molar-refractivity contribution in [2.45, 2.75) is 95.6 Å². The highest BCUT2D eigenvalue weighted by Gasteiger charge is 2.53. The van der Waals surface area contributed by atoms with Gasteiger partial charge in [-0.05, 0) is 52.9 Å². The lowest BCUT2D eigenvalue weighted by atomic mass is 9.86. The van der Waals surface area contributed by atoms with E-state index in [1.165, 1.54) is 0 Å². The molecule has 198 valence electrons. The Kier molecular flexibility index (Phi) is 9.76. The van der Waals surface area contributed by atoms with Crippen LogP contribution in [0.2, 0.25) is 0 Å². The molecule has 2 unspecified atom stereocenters. The first-order valence-corrected chi connectivity index (χ1v) is 14.2. The third kappa shape index (κ3) is 7.45. The van der Waals surface area contributed by atoms with Gasteiger partial charge in [0.25, 0.3) is 0 Å². The van der Waals surface area contributed by atoms with Crippen LogP contribution in [0, 0.1) is 11.3 Å². The number of alkyl halides is 4. The van der Waals surface area contributed by atoms with Crippen molar-refractivity contribution >= 4 is 38.7 Å². The van der Waals surface area contributed by atoms with Crippen LogP contribution in [0.25, 0.3) is 0 Å². The molecule has 0 aliphatic carbocycles. The maximum Gasteiger partial charge on any atom is 0.534 e. The van der Waals surface area contributed by atoms with Crippen molar-refractivity contribution < 1.29 is 44.8 Å². The van der Waals surface area contributed by atoms with Crippen LogP contribution in [-0.2, 0) is 33.3 Å². The van der Waals surface area contributed by atoms with E-state index < -0.39 is 38.3 Å². The van der Waals surface area contributed by atoms with E-state index in [-0.39, 0.29) is 30.7 Å². The number of ether oxygens (including phenoxy) is 3. The summed E-state index contributed by atoms with van der Waals surface area (Å²) in [6.07, 6.45) is 3.27. The number of carbonyl (C=O) groups is 1. The first kappa shape index (κ1) is 29.6. The molecule has 0 aromatic rings. The Morgan fingerprint density at radius 3 is 2.44 bits per heavy atom. The summed E-state index contributed by atoms with van der Waals surface area (Å²) < 4.78 is 83.0. The summed E-state index contributed by atoms with van der Waals surface area (Å²) in [5.41, 5.74) is -6.57. The third-order valence-electron chi connectivity index (χ3n) is 6.08. The molecular weight excluding hydrogens is 592 g/mol. The van der Waals surface area contributed by atoms with Crippen LogP contribution in [0.1, 0.15) is 66.2 Å². The Morgan fingerprint density at radius 2 is 1.88 bits per heavy atom. The van der Waals surface area contributed by atoms with E-state index in [4.69, 9.17) is 14.2 Å². The van der Waals surface area contributed by atoms with Crippen LogP contribution in [0.4, 0.5) is 13.2 Å². The third-order valence-corrected chi connectivity index (χ3v) is 8.37. The first-order chi connectivity index (χ1) is 15.5. The summed E-state index contributed by atoms with van der Waals surface area (Å²) in [4.78, 5) is 11.9. The number of halogens is 4. The van der Waals surface area contributed by atoms with Crippen LogP contribution >= 0.6 is 22.6 Å². The lowest BCUT2D eigenvalue weighted by Gasteiger charge is -2.41. The maximum absolute atomic E-state index is 12.6. The van der Waals surface area contributed by atoms with Gasteiger partial charge < -0.3 is 18.4 Å². The molecule has 0 N–H and O–H groups in total. The zero-order valence-electron chi connectivity index (χ0n) is 20.0. The Labute approximate surface area is 213 Å². The first-order valence-electron chi connectivity index (χ1n) is 11.3. The van der Waals surface area contributed by atoms with Gasteiger partial charge in [0.2, 0.25) is 0 Å². The SMILES string of the molecule is C=C(OS(=O)(=O)C(F)(F)F)C(C)CC1CC[C@@H]2O[C@@H](CCCOC(=O)C(C)(C)C)C[C@]2(CI)O1. The fourth-order valence-corrected chi connectivity index (χ4v) is 5.62. The lowest BCUT2D eigenvalue weighted by Crippen LogP contribution is -2.50. The Bertz CT molecular complexity index is 840. The van der Waals surface area contributed by atoms with Crippen molar-refractivity contribution in [2.24, 2.45) is 11.3 Å². The maximum atomic E-state index is 12.6. The minimum Gasteiger partial charge on any atom is -0.465 e. The Balaban J connectivity index is 1.88. The van der Waals surface area contributed by atoms with E-state index in [1.807, 2.05) is 0 Å². The summed E-state index contributed by atoms with van der Waals surface area (Å²) in [6.45, 7) is 10.7. The summed E-state index contributed by atoms with van der Waals surface area (Å²) >= 11 is 2.25. The van der Waals surface area contributed by atoms with E-state index >= 15 is 0 Å². The topological polar surface area (TPSA) is 88.1 Å². The molecule has 0 spiro atoms. The quantitative estimate of drug-likeness (QED) is 0.0621. The number of carbonyl (C=O) groups excluding carboxylic acids is 1. The molecule has 2 fully saturated rings. The molecule has 0 bridgehead atoms. The highest BCUT2D eigenvalue weighted by atomic mass is 127. The molecule has 12 heteroatoms. The second-order valence-electron chi connectivity index (χ2n) is 10.1. The molecule has 0 aromatic heterocycles. The van der Waals surface area contributed by atoms with Gasteiger partial charge in [-0.1, -0.05) is 36.1 Å². The number of rotatable bonds is 10. The molecule has 0 amide bonds. The standard InChI is InChI=1S/C22H34F3IO7S/c1-14(15(2)33-34(28,29)22(23,24)25)11-16-8-9-18-21(13-26,32-16)12-17(31-18)7-6-10-30-19(27)20(3,4)5/h14,16-18H,2,6-13H2,1,3-5H3/t14?,16?,17-,18-,21+/m0/s1. The van der Waals surface area contributed by atoms with Crippen molar-refractivity contribution in [1.29, 1.82) is 0 Å². The largest absolute Gasteiger partial charge is 0.534 e. The van der Waals surface area contributed by atoms with Gasteiger partial charge in [0.15, 0.2) is 0 Å². The minimum absolute atomic E-state index is 0.0421. The second kappa shape index (κ2) is 11.2. The van der Waals surface area contributed by atoms with Crippen LogP contribution in [-0.4, -0.2) is 54.8 Å². The summed E-state index contributed by atoms with van der Waals surface area (Å²) in [5.74, 6) is -1.36. The Morgan fingerprint density at radius 1 is 1.24 bits per heavy atom. The zero-order valence-corrected chi connectivity index (χ0v) is 22.9. The van der Waals surface area contributed by atoms with Crippen LogP contribution in [0.5, 0.6) is 0 Å². The molecular formula is C22H34F3IO7S. The van der Waals surface area contributed by atoms with Crippen LogP contribution in [0.3, 0.4) is 0 Å². The highest BCUT2D eigenvalue weighted by Crippen LogP contribution is 2.45. The number of allylic oxidation sites excluding steroid dienone is 1. The van der Waals surface area contributed by atoms with Gasteiger partial charge in [-0.25, -0.2) is 0 Å². The number of hydrogen-bond acceptors (Lipinski definition) is 7. The van der Waals surface area contributed by atoms with Crippen molar-refractivity contribution in [2.75, 3.05) is 11.0 Å². The predicted octanol–water partition coefficient (Wildman–Crippen LogP) is 5.27. The predicted molar refractivity (Wildman–Crippen MR) is 128 cm³/mol. The molecule has 2 aliphatic heterocycles. The van der Waals surface area contributed by atoms with Gasteiger partial charge >= 0.3 is 21.6 Å². The van der Waals surface area contributed by atoms with Crippen molar-refractivity contribution in [3.63, 3.8) is 0 Å². The van der Waals surface area contributed by atoms with Crippen molar-refractivity contribution in [3.8, 4) is 0 Å². The number of fused-ring (bicyclic) bond motifs is 1. The van der Waals surface area contributed by atoms with E-state index in [1.54, 1.807) is 27.7 Å². The highest BCUT2D eigenvalue weighted by molar-refractivity contribution is 14.1. The molecule has 5 atom stereocenters. The van der Waals surface area contributed by atoms with E-state index in [0.29, 0.717) is 30.3 Å². The van der Waals surface area contributed by atoms with Crippen molar-refractivity contribution in [3.05, 3.63) is 12.3 Å². The summed E-state index contributed by atoms with van der Waals surface area (Å²) in [7, 11) is -5.74. The van der Waals surface area contributed by atoms with E-state index in [9.17, 15) is 26.4 Å². The van der Waals surface area contributed by atoms with E-state index in [2.05, 4.69) is 33.4 Å². The number of esters is 1. The van der Waals surface area contributed by atoms with Gasteiger partial charge in [0.05, 0.1) is 30.3 Å². The minimum atomic E-state index is -5.74. The monoisotopic (exact) mass is 626 g/mol. The van der Waals surface area contributed by atoms with Crippen molar-refractivity contribution in [1.82, 2.24) is 0 Å². The fourth-order valence-electron chi connectivity index (χ4n) is 4.10. The molecule has 7 nitrogen and oxygen atoms in total. The smallest absolute Gasteiger partial charge is 0.465 e. The molecule has 2 saturated heterocycles. The van der Waals surface area contributed by atoms with Gasteiger partial charge in [-0.3, -0.25) is 4.79 Å². The van der Waals surface area contributed by atoms with Gasteiger partial charge in [-0.2, -0.15) is 21.6 Å². The second-order valence-corrected chi connectivity index (χ2v) is 12.4. The fraction of sp³-hybridized carbons (Fsp3) is 0.864. The van der Waals surface area contributed by atoms with Gasteiger partial charge in [0.1, 0.15) is 11.4 Å². The summed E-state index contributed by atoms with van der Waals surface area (Å²) in [6, 6.07) is 0. The average molecular weight is 626 g/mol. The van der Waals surface area contributed by atoms with Gasteiger partial charge in [-0.15, -0.1) is 0 Å². The molecule has 2 aliphatic rings. The van der Waals surface area contributed by atoms with Crippen LogP contribution in [0.15, 0.2) is 12.3 Å². The molecule has 0 radical (unpaired) electrons. The molecule has 2 rings (SSSR count).